The summed E-state index contributed by atoms with van der Waals surface area (Å²) in [6.07, 6.45) is 6.90. The fraction of sp³-hybridized carbons (Fsp3) is 0.273. The average molecular weight is 591 g/mol. The molecule has 9 nitrogen and oxygen atoms in total. The predicted molar refractivity (Wildman–Crippen MR) is 171 cm³/mol. The second-order valence-corrected chi connectivity index (χ2v) is 11.2. The molecular weight excluding hydrogens is 556 g/mol. The summed E-state index contributed by atoms with van der Waals surface area (Å²) < 4.78 is 8.26. The monoisotopic (exact) mass is 590 g/mol. The summed E-state index contributed by atoms with van der Waals surface area (Å²) in [5.41, 5.74) is 9.97. The average Bonchev–Trinajstić information content (AvgIpc) is 3.70. The van der Waals surface area contributed by atoms with Gasteiger partial charge >= 0.3 is 0 Å². The molecular formula is C33H34N8OS. The Hall–Kier alpha value is -4.41. The lowest BCUT2D eigenvalue weighted by Gasteiger charge is -2.14. The van der Waals surface area contributed by atoms with E-state index >= 15 is 0 Å². The van der Waals surface area contributed by atoms with Crippen LogP contribution in [0.2, 0.25) is 0 Å². The standard InChI is InChI=1S/C33H34N8OS/c1-4-5-13-29-36-31-22(2)30(27-12-8-9-18-34-27)28(20-42-21-43-3)35-33(31)41(29)19-23-14-16-24(17-15-23)25-10-6-7-11-26(25)32-37-39-40-38-32/h6-12,14-18H,4-5,13,19-21H2,1-3H3,(H,37,38,39,40). The molecule has 10 heteroatoms. The lowest BCUT2D eigenvalue weighted by Crippen LogP contribution is -2.08. The second kappa shape index (κ2) is 13.3. The Morgan fingerprint density at radius 2 is 1.77 bits per heavy atom. The zero-order chi connectivity index (χ0) is 29.6. The molecule has 0 amide bonds. The first-order chi connectivity index (χ1) is 21.2. The van der Waals surface area contributed by atoms with E-state index in [4.69, 9.17) is 14.7 Å². The number of aromatic nitrogens is 8. The summed E-state index contributed by atoms with van der Waals surface area (Å²) in [7, 11) is 0. The van der Waals surface area contributed by atoms with Gasteiger partial charge in [0.05, 0.1) is 30.5 Å². The summed E-state index contributed by atoms with van der Waals surface area (Å²) in [5, 5.41) is 14.5. The highest BCUT2D eigenvalue weighted by atomic mass is 32.2. The highest BCUT2D eigenvalue weighted by molar-refractivity contribution is 7.98. The maximum atomic E-state index is 5.98. The summed E-state index contributed by atoms with van der Waals surface area (Å²) >= 11 is 1.65. The molecule has 0 saturated heterocycles. The van der Waals surface area contributed by atoms with Crippen LogP contribution < -0.4 is 0 Å². The van der Waals surface area contributed by atoms with Gasteiger partial charge < -0.3 is 9.30 Å². The fourth-order valence-corrected chi connectivity index (χ4v) is 5.68. The zero-order valence-corrected chi connectivity index (χ0v) is 25.4. The molecule has 0 aliphatic heterocycles. The molecule has 1 N–H and O–H groups in total. The van der Waals surface area contributed by atoms with Gasteiger partial charge in [-0.3, -0.25) is 4.98 Å². The van der Waals surface area contributed by atoms with Crippen LogP contribution in [0.5, 0.6) is 0 Å². The number of benzene rings is 2. The number of fused-ring (bicyclic) bond motifs is 1. The van der Waals surface area contributed by atoms with Crippen LogP contribution in [0, 0.1) is 6.92 Å². The number of pyridine rings is 2. The topological polar surface area (TPSA) is 107 Å². The smallest absolute Gasteiger partial charge is 0.180 e. The van der Waals surface area contributed by atoms with Crippen LogP contribution in [-0.4, -0.2) is 52.3 Å². The van der Waals surface area contributed by atoms with Crippen LogP contribution in [-0.2, 0) is 24.3 Å². The number of unbranched alkanes of at least 4 members (excludes halogenated alkanes) is 1. The van der Waals surface area contributed by atoms with Crippen molar-refractivity contribution in [2.24, 2.45) is 0 Å². The lowest BCUT2D eigenvalue weighted by molar-refractivity contribution is 0.166. The molecule has 0 aliphatic rings. The molecule has 43 heavy (non-hydrogen) atoms. The van der Waals surface area contributed by atoms with Crippen molar-refractivity contribution < 1.29 is 4.74 Å². The van der Waals surface area contributed by atoms with E-state index in [0.29, 0.717) is 24.9 Å². The Labute approximate surface area is 255 Å². The molecule has 2 aromatic carbocycles. The van der Waals surface area contributed by atoms with Gasteiger partial charge in [0.15, 0.2) is 11.5 Å². The Balaban J connectivity index is 1.40. The Bertz CT molecular complexity index is 1800. The summed E-state index contributed by atoms with van der Waals surface area (Å²) in [4.78, 5) is 15.1. The summed E-state index contributed by atoms with van der Waals surface area (Å²) in [5.74, 6) is 2.30. The number of thioether (sulfide) groups is 1. The van der Waals surface area contributed by atoms with Gasteiger partial charge in [0.25, 0.3) is 0 Å². The number of nitrogens with zero attached hydrogens (tertiary/aromatic N) is 7. The first-order valence-electron chi connectivity index (χ1n) is 14.5. The van der Waals surface area contributed by atoms with Crippen molar-refractivity contribution >= 4 is 22.9 Å². The first kappa shape index (κ1) is 28.7. The van der Waals surface area contributed by atoms with Crippen molar-refractivity contribution in [3.05, 3.63) is 95.6 Å². The molecule has 4 heterocycles. The van der Waals surface area contributed by atoms with Gasteiger partial charge in [0.1, 0.15) is 11.3 Å². The number of tetrazole rings is 1. The molecule has 0 saturated carbocycles. The third-order valence-corrected chi connectivity index (χ3v) is 7.93. The van der Waals surface area contributed by atoms with E-state index in [1.807, 2.05) is 48.9 Å². The minimum Gasteiger partial charge on any atom is -0.365 e. The molecule has 0 radical (unpaired) electrons. The normalized spacial score (nSPS) is 11.4. The fourth-order valence-electron chi connectivity index (χ4n) is 5.43. The van der Waals surface area contributed by atoms with Crippen LogP contribution in [0.15, 0.2) is 72.9 Å². The number of imidazole rings is 1. The van der Waals surface area contributed by atoms with Crippen molar-refractivity contribution in [2.75, 3.05) is 12.2 Å². The maximum Gasteiger partial charge on any atom is 0.180 e. The highest BCUT2D eigenvalue weighted by Gasteiger charge is 2.21. The molecule has 6 aromatic rings. The Morgan fingerprint density at radius 3 is 2.49 bits per heavy atom. The Morgan fingerprint density at radius 1 is 0.953 bits per heavy atom. The van der Waals surface area contributed by atoms with Gasteiger partial charge in [0, 0.05) is 23.7 Å². The number of rotatable bonds is 12. The van der Waals surface area contributed by atoms with E-state index in [-0.39, 0.29) is 0 Å². The van der Waals surface area contributed by atoms with Crippen molar-refractivity contribution in [3.8, 4) is 33.8 Å². The quantitative estimate of drug-likeness (QED) is 0.121. The number of aromatic amines is 1. The summed E-state index contributed by atoms with van der Waals surface area (Å²) in [6, 6.07) is 22.8. The maximum absolute atomic E-state index is 5.98. The largest absolute Gasteiger partial charge is 0.365 e. The van der Waals surface area contributed by atoms with Gasteiger partial charge in [0.2, 0.25) is 0 Å². The molecule has 218 valence electrons. The highest BCUT2D eigenvalue weighted by Crippen LogP contribution is 2.33. The third-order valence-electron chi connectivity index (χ3n) is 7.53. The van der Waals surface area contributed by atoms with Crippen molar-refractivity contribution in [1.29, 1.82) is 0 Å². The molecule has 0 fully saturated rings. The van der Waals surface area contributed by atoms with Crippen LogP contribution in [0.3, 0.4) is 0 Å². The molecule has 0 unspecified atom stereocenters. The van der Waals surface area contributed by atoms with Crippen molar-refractivity contribution in [2.45, 2.75) is 46.3 Å². The van der Waals surface area contributed by atoms with Crippen LogP contribution in [0.25, 0.3) is 44.9 Å². The van der Waals surface area contributed by atoms with Crippen LogP contribution in [0.4, 0.5) is 0 Å². The molecule has 4 aromatic heterocycles. The van der Waals surface area contributed by atoms with E-state index in [0.717, 1.165) is 75.5 Å². The Kier molecular flexibility index (Phi) is 8.85. The number of hydrogen-bond donors (Lipinski definition) is 1. The molecule has 0 spiro atoms. The van der Waals surface area contributed by atoms with Crippen molar-refractivity contribution in [3.63, 3.8) is 0 Å². The molecule has 0 bridgehead atoms. The number of nitrogens with one attached hydrogen (secondary N) is 1. The minimum absolute atomic E-state index is 0.411. The summed E-state index contributed by atoms with van der Waals surface area (Å²) in [6.45, 7) is 5.42. The second-order valence-electron chi connectivity index (χ2n) is 10.4. The molecule has 6 rings (SSSR count). The predicted octanol–water partition coefficient (Wildman–Crippen LogP) is 6.88. The van der Waals surface area contributed by atoms with E-state index in [9.17, 15) is 0 Å². The molecule has 0 atom stereocenters. The van der Waals surface area contributed by atoms with Gasteiger partial charge in [-0.05, 0) is 64.4 Å². The molecule has 0 aliphatic carbocycles. The van der Waals surface area contributed by atoms with E-state index in [1.54, 1.807) is 11.8 Å². The number of aryl methyl sites for hydroxylation is 2. The number of hydrogen-bond acceptors (Lipinski definition) is 8. The zero-order valence-electron chi connectivity index (χ0n) is 24.6. The van der Waals surface area contributed by atoms with E-state index < -0.39 is 0 Å². The van der Waals surface area contributed by atoms with E-state index in [2.05, 4.69) is 74.4 Å². The van der Waals surface area contributed by atoms with E-state index in [1.165, 1.54) is 5.56 Å². The SMILES string of the molecule is CCCCc1nc2c(C)c(-c3ccccn3)c(COCSC)nc2n1Cc1ccc(-c2ccccc2-c2nnn[nH]2)cc1. The van der Waals surface area contributed by atoms with Gasteiger partial charge in [-0.25, -0.2) is 15.1 Å². The number of ether oxygens (including phenoxy) is 1. The third kappa shape index (κ3) is 6.07. The van der Waals surface area contributed by atoms with Crippen molar-refractivity contribution in [1.82, 2.24) is 40.1 Å². The van der Waals surface area contributed by atoms with Crippen LogP contribution >= 0.6 is 11.8 Å². The number of H-pyrrole nitrogens is 1. The minimum atomic E-state index is 0.411. The first-order valence-corrected chi connectivity index (χ1v) is 15.9. The van der Waals surface area contributed by atoms with Gasteiger partial charge in [-0.2, -0.15) is 0 Å². The van der Waals surface area contributed by atoms with Gasteiger partial charge in [-0.15, -0.1) is 16.9 Å². The lowest BCUT2D eigenvalue weighted by atomic mass is 9.98. The van der Waals surface area contributed by atoms with Crippen LogP contribution in [0.1, 0.15) is 42.4 Å². The van der Waals surface area contributed by atoms with Gasteiger partial charge in [-0.1, -0.05) is 67.9 Å².